The molecule has 0 aliphatic carbocycles. The van der Waals surface area contributed by atoms with Crippen LogP contribution in [0.5, 0.6) is 0 Å². The van der Waals surface area contributed by atoms with Gasteiger partial charge in [-0.05, 0) is 24.1 Å². The highest BCUT2D eigenvalue weighted by molar-refractivity contribution is 6.31. The summed E-state index contributed by atoms with van der Waals surface area (Å²) in [6, 6.07) is 4.30. The van der Waals surface area contributed by atoms with Crippen LogP contribution in [0.4, 0.5) is 10.3 Å². The first-order valence-corrected chi connectivity index (χ1v) is 8.61. The minimum Gasteiger partial charge on any atom is -0.338 e. The Labute approximate surface area is 152 Å². The summed E-state index contributed by atoms with van der Waals surface area (Å²) in [5.74, 6) is 0.230. The number of halogens is 2. The van der Waals surface area contributed by atoms with Gasteiger partial charge in [0, 0.05) is 38.8 Å². The molecule has 9 heteroatoms. The molecule has 4 rings (SSSR count). The topological polar surface area (TPSA) is 65.1 Å². The molecule has 26 heavy (non-hydrogen) atoms. The molecule has 1 aliphatic rings. The van der Waals surface area contributed by atoms with Crippen molar-refractivity contribution in [3.63, 3.8) is 0 Å². The third-order valence-corrected chi connectivity index (χ3v) is 5.15. The van der Waals surface area contributed by atoms with Crippen LogP contribution in [0.25, 0.3) is 11.2 Å². The van der Waals surface area contributed by atoms with E-state index in [2.05, 4.69) is 4.98 Å². The lowest BCUT2D eigenvalue weighted by Gasteiger charge is -2.29. The molecular weight excluding hydrogens is 361 g/mol. The molecule has 0 radical (unpaired) electrons. The van der Waals surface area contributed by atoms with Gasteiger partial charge in [-0.25, -0.2) is 9.18 Å². The zero-order chi connectivity index (χ0) is 18.6. The molecule has 0 fully saturated rings. The van der Waals surface area contributed by atoms with Crippen molar-refractivity contribution in [3.05, 3.63) is 55.4 Å². The fourth-order valence-corrected chi connectivity index (χ4v) is 3.64. The fraction of sp³-hybridized carbons (Fsp3) is 0.353. The van der Waals surface area contributed by atoms with Gasteiger partial charge in [-0.15, -0.1) is 0 Å². The molecule has 0 spiro atoms. The average Bonchev–Trinajstić information content (AvgIpc) is 3.01. The number of benzene rings is 1. The van der Waals surface area contributed by atoms with E-state index in [4.69, 9.17) is 11.6 Å². The van der Waals surface area contributed by atoms with Crippen LogP contribution < -0.4 is 16.1 Å². The Hall–Kier alpha value is -2.61. The summed E-state index contributed by atoms with van der Waals surface area (Å²) in [4.78, 5) is 31.3. The third kappa shape index (κ3) is 2.44. The van der Waals surface area contributed by atoms with Gasteiger partial charge in [0.25, 0.3) is 5.56 Å². The lowest BCUT2D eigenvalue weighted by Crippen LogP contribution is -2.38. The Balaban J connectivity index is 1.87. The number of hydrogen-bond donors (Lipinski definition) is 0. The Bertz CT molecular complexity index is 1150. The molecule has 3 aromatic rings. The van der Waals surface area contributed by atoms with E-state index in [-0.39, 0.29) is 11.4 Å². The van der Waals surface area contributed by atoms with Crippen LogP contribution in [0.15, 0.2) is 27.8 Å². The van der Waals surface area contributed by atoms with E-state index in [1.54, 1.807) is 13.1 Å². The molecule has 136 valence electrons. The SMILES string of the molecule is Cn1c(=O)c2c(nc3n2CCCN3Cc2ccc(F)cc2Cl)n(C)c1=O. The first-order chi connectivity index (χ1) is 12.4. The van der Waals surface area contributed by atoms with Crippen molar-refractivity contribution < 1.29 is 4.39 Å². The third-order valence-electron chi connectivity index (χ3n) is 4.80. The summed E-state index contributed by atoms with van der Waals surface area (Å²) >= 11 is 6.15. The second kappa shape index (κ2) is 5.98. The van der Waals surface area contributed by atoms with Crippen molar-refractivity contribution in [3.8, 4) is 0 Å². The maximum Gasteiger partial charge on any atom is 0.332 e. The molecule has 7 nitrogen and oxygen atoms in total. The van der Waals surface area contributed by atoms with Crippen molar-refractivity contribution in [2.24, 2.45) is 14.1 Å². The molecule has 0 saturated heterocycles. The molecule has 3 heterocycles. The first kappa shape index (κ1) is 16.8. The summed E-state index contributed by atoms with van der Waals surface area (Å²) in [7, 11) is 3.06. The van der Waals surface area contributed by atoms with Gasteiger partial charge < -0.3 is 9.47 Å². The maximum absolute atomic E-state index is 13.3. The highest BCUT2D eigenvalue weighted by Crippen LogP contribution is 2.27. The molecule has 0 amide bonds. The van der Waals surface area contributed by atoms with Gasteiger partial charge in [-0.1, -0.05) is 17.7 Å². The molecule has 0 unspecified atom stereocenters. The molecule has 0 atom stereocenters. The molecule has 0 saturated carbocycles. The van der Waals surface area contributed by atoms with Crippen molar-refractivity contribution >= 4 is 28.7 Å². The average molecular weight is 378 g/mol. The van der Waals surface area contributed by atoms with Gasteiger partial charge in [0.15, 0.2) is 11.2 Å². The molecule has 2 aromatic heterocycles. The summed E-state index contributed by atoms with van der Waals surface area (Å²) in [5.41, 5.74) is 0.787. The van der Waals surface area contributed by atoms with Crippen LogP contribution in [-0.2, 0) is 27.2 Å². The van der Waals surface area contributed by atoms with Crippen LogP contribution in [-0.4, -0.2) is 25.2 Å². The summed E-state index contributed by atoms with van der Waals surface area (Å²) < 4.78 is 17.6. The van der Waals surface area contributed by atoms with E-state index in [9.17, 15) is 14.0 Å². The van der Waals surface area contributed by atoms with Crippen LogP contribution in [0.2, 0.25) is 5.02 Å². The van der Waals surface area contributed by atoms with E-state index in [0.717, 1.165) is 23.1 Å². The predicted octanol–water partition coefficient (Wildman–Crippen LogP) is 1.64. The second-order valence-corrected chi connectivity index (χ2v) is 6.86. The smallest absolute Gasteiger partial charge is 0.332 e. The van der Waals surface area contributed by atoms with Gasteiger partial charge in [0.05, 0.1) is 0 Å². The van der Waals surface area contributed by atoms with E-state index in [1.807, 2.05) is 9.47 Å². The minimum atomic E-state index is -0.411. The molecule has 0 bridgehead atoms. The van der Waals surface area contributed by atoms with Crippen molar-refractivity contribution in [2.45, 2.75) is 19.5 Å². The quantitative estimate of drug-likeness (QED) is 0.681. The summed E-state index contributed by atoms with van der Waals surface area (Å²) in [6.45, 7) is 1.81. The van der Waals surface area contributed by atoms with Gasteiger partial charge >= 0.3 is 5.69 Å². The number of fused-ring (bicyclic) bond motifs is 3. The van der Waals surface area contributed by atoms with Crippen LogP contribution in [0, 0.1) is 5.82 Å². The van der Waals surface area contributed by atoms with Crippen molar-refractivity contribution in [1.29, 1.82) is 0 Å². The summed E-state index contributed by atoms with van der Waals surface area (Å²) in [6.07, 6.45) is 0.823. The van der Waals surface area contributed by atoms with E-state index in [1.165, 1.54) is 23.7 Å². The molecule has 0 N–H and O–H groups in total. The zero-order valence-electron chi connectivity index (χ0n) is 14.4. The lowest BCUT2D eigenvalue weighted by molar-refractivity contribution is 0.561. The monoisotopic (exact) mass is 377 g/mol. The number of anilines is 1. The van der Waals surface area contributed by atoms with Gasteiger partial charge in [-0.3, -0.25) is 13.9 Å². The molecular formula is C17H17ClFN5O2. The van der Waals surface area contributed by atoms with Crippen LogP contribution in [0.1, 0.15) is 12.0 Å². The Morgan fingerprint density at radius 2 is 1.96 bits per heavy atom. The number of hydrogen-bond acceptors (Lipinski definition) is 4. The standard InChI is InChI=1S/C17H17ClFN5O2/c1-21-14-13(15(25)22(2)17(21)26)24-7-3-6-23(16(24)20-14)9-10-4-5-11(19)8-12(10)18/h4-5,8H,3,6-7,9H2,1-2H3. The maximum atomic E-state index is 13.3. The molecule has 1 aromatic carbocycles. The number of aryl methyl sites for hydroxylation is 2. The largest absolute Gasteiger partial charge is 0.338 e. The number of rotatable bonds is 2. The first-order valence-electron chi connectivity index (χ1n) is 8.23. The lowest BCUT2D eigenvalue weighted by atomic mass is 10.2. The highest BCUT2D eigenvalue weighted by atomic mass is 35.5. The highest BCUT2D eigenvalue weighted by Gasteiger charge is 2.26. The minimum absolute atomic E-state index is 0.349. The van der Waals surface area contributed by atoms with Gasteiger partial charge in [0.1, 0.15) is 5.82 Å². The van der Waals surface area contributed by atoms with Gasteiger partial charge in [0.2, 0.25) is 5.95 Å². The van der Waals surface area contributed by atoms with E-state index < -0.39 is 5.69 Å². The normalized spacial score (nSPS) is 14.1. The van der Waals surface area contributed by atoms with Gasteiger partial charge in [-0.2, -0.15) is 4.98 Å². The Morgan fingerprint density at radius 3 is 2.69 bits per heavy atom. The number of imidazole rings is 1. The van der Waals surface area contributed by atoms with E-state index in [0.29, 0.717) is 35.2 Å². The van der Waals surface area contributed by atoms with Crippen molar-refractivity contribution in [1.82, 2.24) is 18.7 Å². The Morgan fingerprint density at radius 1 is 1.19 bits per heavy atom. The van der Waals surface area contributed by atoms with Crippen molar-refractivity contribution in [2.75, 3.05) is 11.4 Å². The van der Waals surface area contributed by atoms with Crippen LogP contribution in [0.3, 0.4) is 0 Å². The second-order valence-electron chi connectivity index (χ2n) is 6.45. The zero-order valence-corrected chi connectivity index (χ0v) is 15.1. The number of nitrogens with zero attached hydrogens (tertiary/aromatic N) is 5. The number of aromatic nitrogens is 4. The van der Waals surface area contributed by atoms with Crippen LogP contribution >= 0.6 is 11.6 Å². The fourth-order valence-electron chi connectivity index (χ4n) is 3.41. The molecule has 1 aliphatic heterocycles. The predicted molar refractivity (Wildman–Crippen MR) is 97.3 cm³/mol. The Kier molecular flexibility index (Phi) is 3.87. The van der Waals surface area contributed by atoms with E-state index >= 15 is 0 Å². The summed E-state index contributed by atoms with van der Waals surface area (Å²) in [5, 5.41) is 0.349.